The van der Waals surface area contributed by atoms with Gasteiger partial charge in [-0.3, -0.25) is 9.59 Å². The van der Waals surface area contributed by atoms with Crippen molar-refractivity contribution in [2.24, 2.45) is 5.73 Å². The van der Waals surface area contributed by atoms with E-state index >= 15 is 0 Å². The molecule has 1 atom stereocenters. The van der Waals surface area contributed by atoms with Crippen molar-refractivity contribution in [3.8, 4) is 0 Å². The Hall–Kier alpha value is -2.77. The van der Waals surface area contributed by atoms with E-state index in [2.05, 4.69) is 10.6 Å². The molecule has 0 aliphatic heterocycles. The Morgan fingerprint density at radius 2 is 1.81 bits per heavy atom. The summed E-state index contributed by atoms with van der Waals surface area (Å²) in [5, 5.41) is 5.82. The first-order valence-electron chi connectivity index (χ1n) is 7.86. The number of nitrogens with one attached hydrogen (secondary N) is 2. The number of ether oxygens (including phenoxy) is 1. The summed E-state index contributed by atoms with van der Waals surface area (Å²) in [5.41, 5.74) is 6.15. The average Bonchev–Trinajstić information content (AvgIpc) is 2.59. The van der Waals surface area contributed by atoms with Gasteiger partial charge in [0.1, 0.15) is 0 Å². The van der Waals surface area contributed by atoms with Gasteiger partial charge < -0.3 is 21.1 Å². The van der Waals surface area contributed by atoms with E-state index in [1.54, 1.807) is 48.5 Å². The molecule has 0 aliphatic rings. The second kappa shape index (κ2) is 9.80. The summed E-state index contributed by atoms with van der Waals surface area (Å²) in [6.07, 6.45) is -0.239. The number of hydrogen-bond acceptors (Lipinski definition) is 4. The van der Waals surface area contributed by atoms with E-state index in [9.17, 15) is 14.4 Å². The predicted molar refractivity (Wildman–Crippen MR) is 103 cm³/mol. The fraction of sp³-hybridized carbons (Fsp3) is 0.167. The molecule has 0 spiro atoms. The Kier molecular flexibility index (Phi) is 7.45. The Balaban J connectivity index is 1.92. The Bertz CT molecular complexity index is 845. The van der Waals surface area contributed by atoms with Crippen LogP contribution in [-0.4, -0.2) is 24.5 Å². The van der Waals surface area contributed by atoms with Gasteiger partial charge in [0.2, 0.25) is 0 Å². The number of esters is 1. The minimum Gasteiger partial charge on any atom is -0.455 e. The maximum absolute atomic E-state index is 12.1. The number of anilines is 1. The van der Waals surface area contributed by atoms with E-state index in [0.29, 0.717) is 21.3 Å². The van der Waals surface area contributed by atoms with Crippen LogP contribution in [0.1, 0.15) is 18.0 Å². The molecular weight excluding hydrogens is 393 g/mol. The van der Waals surface area contributed by atoms with Crippen LogP contribution >= 0.6 is 23.2 Å². The first kappa shape index (κ1) is 20.5. The third-order valence-electron chi connectivity index (χ3n) is 3.44. The van der Waals surface area contributed by atoms with Crippen molar-refractivity contribution in [3.05, 3.63) is 64.1 Å². The average molecular weight is 410 g/mol. The zero-order chi connectivity index (χ0) is 19.8. The van der Waals surface area contributed by atoms with Crippen LogP contribution in [0.2, 0.25) is 10.0 Å². The molecule has 0 heterocycles. The minimum absolute atomic E-state index is 0.239. The van der Waals surface area contributed by atoms with Gasteiger partial charge in [-0.1, -0.05) is 47.5 Å². The van der Waals surface area contributed by atoms with Crippen molar-refractivity contribution in [2.75, 3.05) is 11.9 Å². The summed E-state index contributed by atoms with van der Waals surface area (Å²) < 4.78 is 4.96. The van der Waals surface area contributed by atoms with Crippen LogP contribution < -0.4 is 16.4 Å². The van der Waals surface area contributed by atoms with Crippen LogP contribution in [0.15, 0.2) is 48.5 Å². The fourth-order valence-corrected chi connectivity index (χ4v) is 2.76. The molecule has 142 valence electrons. The maximum atomic E-state index is 12.1. The van der Waals surface area contributed by atoms with Crippen molar-refractivity contribution in [1.82, 2.24) is 5.32 Å². The second-order valence-electron chi connectivity index (χ2n) is 5.51. The molecule has 4 N–H and O–H groups in total. The Morgan fingerprint density at radius 3 is 2.48 bits per heavy atom. The summed E-state index contributed by atoms with van der Waals surface area (Å²) in [6.45, 7) is -0.489. The van der Waals surface area contributed by atoms with E-state index in [1.165, 1.54) is 0 Å². The number of carbonyl (C=O) groups is 3. The van der Waals surface area contributed by atoms with Gasteiger partial charge in [-0.05, 0) is 29.8 Å². The Labute approximate surface area is 165 Å². The molecule has 0 bridgehead atoms. The van der Waals surface area contributed by atoms with Gasteiger partial charge in [0.25, 0.3) is 5.91 Å². The number of amides is 3. The lowest BCUT2D eigenvalue weighted by atomic mass is 10.0. The van der Waals surface area contributed by atoms with Gasteiger partial charge in [-0.15, -0.1) is 0 Å². The number of primary amides is 1. The van der Waals surface area contributed by atoms with Crippen molar-refractivity contribution in [3.63, 3.8) is 0 Å². The van der Waals surface area contributed by atoms with Crippen molar-refractivity contribution in [2.45, 2.75) is 12.5 Å². The molecule has 0 aromatic heterocycles. The lowest BCUT2D eigenvalue weighted by Gasteiger charge is -2.18. The standard InChI is InChI=1S/C18H17Cl2N3O4/c19-11-4-3-5-12(8-11)22-16(24)10-27-17(25)9-15(23-18(21)26)13-6-1-2-7-14(13)20/h1-8,15H,9-10H2,(H,22,24)(H3,21,23,26)/t15-/m0/s1. The highest BCUT2D eigenvalue weighted by molar-refractivity contribution is 6.31. The van der Waals surface area contributed by atoms with E-state index in [0.717, 1.165) is 0 Å². The third-order valence-corrected chi connectivity index (χ3v) is 4.02. The molecule has 2 aromatic carbocycles. The van der Waals surface area contributed by atoms with Crippen LogP contribution in [0.5, 0.6) is 0 Å². The van der Waals surface area contributed by atoms with Crippen LogP contribution in [0.25, 0.3) is 0 Å². The maximum Gasteiger partial charge on any atom is 0.312 e. The number of hydrogen-bond donors (Lipinski definition) is 3. The smallest absolute Gasteiger partial charge is 0.312 e. The van der Waals surface area contributed by atoms with Crippen LogP contribution in [0, 0.1) is 0 Å². The van der Waals surface area contributed by atoms with E-state index in [4.69, 9.17) is 33.7 Å². The molecule has 0 saturated heterocycles. The summed E-state index contributed by atoms with van der Waals surface area (Å²) in [7, 11) is 0. The zero-order valence-corrected chi connectivity index (χ0v) is 15.6. The van der Waals surface area contributed by atoms with Crippen LogP contribution in [-0.2, 0) is 14.3 Å². The quantitative estimate of drug-likeness (QED) is 0.609. The van der Waals surface area contributed by atoms with Gasteiger partial charge in [0, 0.05) is 15.7 Å². The molecule has 0 radical (unpaired) electrons. The molecule has 9 heteroatoms. The van der Waals surface area contributed by atoms with Gasteiger partial charge in [-0.25, -0.2) is 4.79 Å². The topological polar surface area (TPSA) is 111 Å². The van der Waals surface area contributed by atoms with Crippen LogP contribution in [0.4, 0.5) is 10.5 Å². The molecule has 2 rings (SSSR count). The number of halogens is 2. The molecule has 3 amide bonds. The predicted octanol–water partition coefficient (Wildman–Crippen LogP) is 3.27. The zero-order valence-electron chi connectivity index (χ0n) is 14.1. The van der Waals surface area contributed by atoms with Gasteiger partial charge in [0.05, 0.1) is 12.5 Å². The largest absolute Gasteiger partial charge is 0.455 e. The number of rotatable bonds is 7. The van der Waals surface area contributed by atoms with E-state index < -0.39 is 30.6 Å². The van der Waals surface area contributed by atoms with Gasteiger partial charge >= 0.3 is 12.0 Å². The highest BCUT2D eigenvalue weighted by atomic mass is 35.5. The second-order valence-corrected chi connectivity index (χ2v) is 6.35. The molecule has 0 unspecified atom stereocenters. The molecule has 0 aliphatic carbocycles. The number of urea groups is 1. The van der Waals surface area contributed by atoms with E-state index in [-0.39, 0.29) is 6.42 Å². The monoisotopic (exact) mass is 409 g/mol. The summed E-state index contributed by atoms with van der Waals surface area (Å²) >= 11 is 11.9. The first-order valence-corrected chi connectivity index (χ1v) is 8.62. The van der Waals surface area contributed by atoms with Crippen molar-refractivity contribution < 1.29 is 19.1 Å². The van der Waals surface area contributed by atoms with E-state index in [1.807, 2.05) is 0 Å². The highest BCUT2D eigenvalue weighted by Gasteiger charge is 2.21. The molecular formula is C18H17Cl2N3O4. The SMILES string of the molecule is NC(=O)N[C@@H](CC(=O)OCC(=O)Nc1cccc(Cl)c1)c1ccccc1Cl. The number of benzene rings is 2. The molecule has 27 heavy (non-hydrogen) atoms. The van der Waals surface area contributed by atoms with Gasteiger partial charge in [0.15, 0.2) is 6.61 Å². The number of nitrogens with two attached hydrogens (primary N) is 1. The normalized spacial score (nSPS) is 11.3. The third kappa shape index (κ3) is 6.80. The summed E-state index contributed by atoms with van der Waals surface area (Å²) in [5.74, 6) is -1.22. The van der Waals surface area contributed by atoms with Gasteiger partial charge in [-0.2, -0.15) is 0 Å². The van der Waals surface area contributed by atoms with Crippen molar-refractivity contribution in [1.29, 1.82) is 0 Å². The molecule has 2 aromatic rings. The number of carbonyl (C=O) groups excluding carboxylic acids is 3. The van der Waals surface area contributed by atoms with Crippen molar-refractivity contribution >= 4 is 46.8 Å². The fourth-order valence-electron chi connectivity index (χ4n) is 2.30. The Morgan fingerprint density at radius 1 is 1.07 bits per heavy atom. The lowest BCUT2D eigenvalue weighted by Crippen LogP contribution is -2.35. The highest BCUT2D eigenvalue weighted by Crippen LogP contribution is 2.25. The minimum atomic E-state index is -0.814. The first-order chi connectivity index (χ1) is 12.8. The molecule has 0 saturated carbocycles. The summed E-state index contributed by atoms with van der Waals surface area (Å²) in [4.78, 5) is 35.2. The lowest BCUT2D eigenvalue weighted by molar-refractivity contribution is -0.147. The molecule has 7 nitrogen and oxygen atoms in total. The van der Waals surface area contributed by atoms with Crippen LogP contribution in [0.3, 0.4) is 0 Å². The molecule has 0 fully saturated rings. The summed E-state index contributed by atoms with van der Waals surface area (Å²) in [6, 6.07) is 11.7.